The van der Waals surface area contributed by atoms with Gasteiger partial charge < -0.3 is 15.1 Å². The monoisotopic (exact) mass is 401 g/mol. The molecule has 1 amide bonds. The van der Waals surface area contributed by atoms with E-state index in [4.69, 9.17) is 11.6 Å². The molecule has 2 aromatic rings. The molecule has 0 radical (unpaired) electrons. The van der Waals surface area contributed by atoms with Crippen molar-refractivity contribution in [3.05, 3.63) is 69.2 Å². The first-order chi connectivity index (χ1) is 13.4. The van der Waals surface area contributed by atoms with Crippen molar-refractivity contribution in [3.8, 4) is 0 Å². The summed E-state index contributed by atoms with van der Waals surface area (Å²) in [4.78, 5) is 26.5. The largest absolute Gasteiger partial charge is 0.359 e. The van der Waals surface area contributed by atoms with Crippen molar-refractivity contribution in [1.29, 1.82) is 0 Å². The predicted molar refractivity (Wildman–Crippen MR) is 111 cm³/mol. The standard InChI is InChI=1S/C20H21ClN4O3/c1-23-9-11-24(12-10-23)19-7-6-16(21)14-18(19)22-20(26)8-5-15-3-2-4-17(13-15)25(27)28/h2-8,13-14H,9-12H2,1H3,(H,22,26)/p+1/b8-5+. The molecule has 1 heterocycles. The van der Waals surface area contributed by atoms with Gasteiger partial charge in [0.05, 0.1) is 49.5 Å². The number of benzene rings is 2. The average Bonchev–Trinajstić information content (AvgIpc) is 2.68. The Labute approximate surface area is 168 Å². The second kappa shape index (κ2) is 8.86. The molecule has 0 atom stereocenters. The second-order valence-electron chi connectivity index (χ2n) is 6.78. The molecule has 0 bridgehead atoms. The van der Waals surface area contributed by atoms with Gasteiger partial charge in [-0.2, -0.15) is 0 Å². The summed E-state index contributed by atoms with van der Waals surface area (Å²) in [5, 5.41) is 14.3. The van der Waals surface area contributed by atoms with Gasteiger partial charge in [-0.3, -0.25) is 14.9 Å². The van der Waals surface area contributed by atoms with E-state index in [2.05, 4.69) is 17.3 Å². The number of nitrogens with zero attached hydrogens (tertiary/aromatic N) is 2. The van der Waals surface area contributed by atoms with E-state index in [1.165, 1.54) is 23.1 Å². The summed E-state index contributed by atoms with van der Waals surface area (Å²) in [6, 6.07) is 11.6. The third-order valence-electron chi connectivity index (χ3n) is 4.68. The number of rotatable bonds is 5. The Bertz CT molecular complexity index is 908. The van der Waals surface area contributed by atoms with Crippen molar-refractivity contribution in [1.82, 2.24) is 0 Å². The number of piperazine rings is 1. The van der Waals surface area contributed by atoms with E-state index in [0.29, 0.717) is 16.3 Å². The number of carbonyl (C=O) groups is 1. The molecule has 2 N–H and O–H groups in total. The van der Waals surface area contributed by atoms with E-state index >= 15 is 0 Å². The lowest BCUT2D eigenvalue weighted by Gasteiger charge is -2.33. The molecule has 0 spiro atoms. The van der Waals surface area contributed by atoms with E-state index in [-0.39, 0.29) is 11.6 Å². The Morgan fingerprint density at radius 1 is 1.25 bits per heavy atom. The normalized spacial score (nSPS) is 15.0. The molecule has 1 aliphatic rings. The maximum atomic E-state index is 12.4. The fourth-order valence-electron chi connectivity index (χ4n) is 3.10. The number of nitrogens with one attached hydrogen (secondary N) is 2. The number of amides is 1. The van der Waals surface area contributed by atoms with Gasteiger partial charge in [0.2, 0.25) is 5.91 Å². The number of anilines is 2. The second-order valence-corrected chi connectivity index (χ2v) is 7.22. The fraction of sp³-hybridized carbons (Fsp3) is 0.250. The molecular weight excluding hydrogens is 380 g/mol. The Balaban J connectivity index is 1.74. The van der Waals surface area contributed by atoms with Crippen LogP contribution < -0.4 is 15.1 Å². The van der Waals surface area contributed by atoms with Crippen LogP contribution in [0.3, 0.4) is 0 Å². The summed E-state index contributed by atoms with van der Waals surface area (Å²) in [7, 11) is 2.17. The summed E-state index contributed by atoms with van der Waals surface area (Å²) in [5.41, 5.74) is 2.16. The molecular formula is C20H22ClN4O3+. The number of hydrogen-bond donors (Lipinski definition) is 2. The average molecular weight is 402 g/mol. The van der Waals surface area contributed by atoms with E-state index in [0.717, 1.165) is 31.9 Å². The molecule has 7 nitrogen and oxygen atoms in total. The van der Waals surface area contributed by atoms with Crippen LogP contribution in [-0.4, -0.2) is 44.1 Å². The van der Waals surface area contributed by atoms with Crippen LogP contribution in [-0.2, 0) is 4.79 Å². The van der Waals surface area contributed by atoms with Gasteiger partial charge in [0.1, 0.15) is 0 Å². The van der Waals surface area contributed by atoms with Crippen molar-refractivity contribution < 1.29 is 14.6 Å². The minimum Gasteiger partial charge on any atom is -0.359 e. The van der Waals surface area contributed by atoms with Crippen LogP contribution in [0.5, 0.6) is 0 Å². The molecule has 1 saturated heterocycles. The molecule has 0 aromatic heterocycles. The highest BCUT2D eigenvalue weighted by Gasteiger charge is 2.20. The van der Waals surface area contributed by atoms with Crippen molar-refractivity contribution in [2.45, 2.75) is 0 Å². The lowest BCUT2D eigenvalue weighted by molar-refractivity contribution is -0.880. The van der Waals surface area contributed by atoms with Crippen molar-refractivity contribution in [3.63, 3.8) is 0 Å². The zero-order valence-corrected chi connectivity index (χ0v) is 16.3. The van der Waals surface area contributed by atoms with Crippen LogP contribution in [0.15, 0.2) is 48.5 Å². The number of halogens is 1. The zero-order valence-electron chi connectivity index (χ0n) is 15.5. The SMILES string of the molecule is C[NH+]1CCN(c2ccc(Cl)cc2NC(=O)/C=C/c2cccc([N+](=O)[O-])c2)CC1. The third-order valence-corrected chi connectivity index (χ3v) is 4.92. The van der Waals surface area contributed by atoms with Crippen LogP contribution in [0.2, 0.25) is 5.02 Å². The molecule has 2 aromatic carbocycles. The van der Waals surface area contributed by atoms with Crippen LogP contribution in [0.1, 0.15) is 5.56 Å². The highest BCUT2D eigenvalue weighted by molar-refractivity contribution is 6.31. The minimum atomic E-state index is -0.465. The number of hydrogen-bond acceptors (Lipinski definition) is 4. The summed E-state index contributed by atoms with van der Waals surface area (Å²) >= 11 is 6.13. The minimum absolute atomic E-state index is 0.0168. The fourth-order valence-corrected chi connectivity index (χ4v) is 3.27. The molecule has 1 aliphatic heterocycles. The maximum Gasteiger partial charge on any atom is 0.270 e. The van der Waals surface area contributed by atoms with E-state index in [9.17, 15) is 14.9 Å². The number of carbonyl (C=O) groups excluding carboxylic acids is 1. The van der Waals surface area contributed by atoms with Crippen LogP contribution in [0, 0.1) is 10.1 Å². The summed E-state index contributed by atoms with van der Waals surface area (Å²) in [6.07, 6.45) is 2.91. The number of quaternary nitrogens is 1. The molecule has 146 valence electrons. The first-order valence-electron chi connectivity index (χ1n) is 9.02. The van der Waals surface area contributed by atoms with Crippen LogP contribution >= 0.6 is 11.6 Å². The summed E-state index contributed by atoms with van der Waals surface area (Å²) < 4.78 is 0. The van der Waals surface area contributed by atoms with E-state index < -0.39 is 4.92 Å². The zero-order chi connectivity index (χ0) is 20.1. The number of nitro benzene ring substituents is 1. The molecule has 28 heavy (non-hydrogen) atoms. The highest BCUT2D eigenvalue weighted by Crippen LogP contribution is 2.29. The molecule has 0 saturated carbocycles. The number of likely N-dealkylation sites (N-methyl/N-ethyl adjacent to an activating group) is 1. The Morgan fingerprint density at radius 3 is 2.71 bits per heavy atom. The summed E-state index contributed by atoms with van der Waals surface area (Å²) in [5.74, 6) is -0.324. The lowest BCUT2D eigenvalue weighted by Crippen LogP contribution is -3.12. The van der Waals surface area contributed by atoms with Gasteiger partial charge in [0.15, 0.2) is 0 Å². The first kappa shape index (κ1) is 19.9. The Hall–Kier alpha value is -2.90. The van der Waals surface area contributed by atoms with E-state index in [1.807, 2.05) is 12.1 Å². The molecule has 1 fully saturated rings. The van der Waals surface area contributed by atoms with Gasteiger partial charge >= 0.3 is 0 Å². The van der Waals surface area contributed by atoms with E-state index in [1.54, 1.807) is 24.3 Å². The maximum absolute atomic E-state index is 12.4. The predicted octanol–water partition coefficient (Wildman–Crippen LogP) is 2.23. The van der Waals surface area contributed by atoms with Gasteiger partial charge in [-0.15, -0.1) is 0 Å². The number of non-ortho nitro benzene ring substituents is 1. The van der Waals surface area contributed by atoms with Crippen LogP contribution in [0.25, 0.3) is 6.08 Å². The summed E-state index contributed by atoms with van der Waals surface area (Å²) in [6.45, 7) is 3.87. The van der Waals surface area contributed by atoms with Gasteiger partial charge in [0.25, 0.3) is 5.69 Å². The molecule has 8 heteroatoms. The molecule has 0 aliphatic carbocycles. The highest BCUT2D eigenvalue weighted by atomic mass is 35.5. The Kier molecular flexibility index (Phi) is 6.28. The van der Waals surface area contributed by atoms with Gasteiger partial charge in [-0.05, 0) is 29.8 Å². The Morgan fingerprint density at radius 2 is 2.00 bits per heavy atom. The van der Waals surface area contributed by atoms with Gasteiger partial charge in [0, 0.05) is 23.2 Å². The first-order valence-corrected chi connectivity index (χ1v) is 9.39. The van der Waals surface area contributed by atoms with Crippen LogP contribution in [0.4, 0.5) is 17.1 Å². The molecule has 3 rings (SSSR count). The quantitative estimate of drug-likeness (QED) is 0.457. The van der Waals surface area contributed by atoms with Gasteiger partial charge in [-0.25, -0.2) is 0 Å². The van der Waals surface area contributed by atoms with Crippen molar-refractivity contribution in [2.75, 3.05) is 43.4 Å². The van der Waals surface area contributed by atoms with Crippen molar-refractivity contribution in [2.24, 2.45) is 0 Å². The number of nitro groups is 1. The van der Waals surface area contributed by atoms with Gasteiger partial charge in [-0.1, -0.05) is 23.7 Å². The lowest BCUT2D eigenvalue weighted by atomic mass is 10.2. The smallest absolute Gasteiger partial charge is 0.270 e. The molecule has 0 unspecified atom stereocenters. The third kappa shape index (κ3) is 5.09. The van der Waals surface area contributed by atoms with Crippen molar-refractivity contribution >= 4 is 40.6 Å². The topological polar surface area (TPSA) is 79.9 Å².